The zero-order chi connectivity index (χ0) is 12.6. The summed E-state index contributed by atoms with van der Waals surface area (Å²) in [5.41, 5.74) is 1.16. The number of nitrogens with one attached hydrogen (secondary N) is 1. The third kappa shape index (κ3) is 2.15. The number of nitrogens with zero attached hydrogens (tertiary/aromatic N) is 2. The van der Waals surface area contributed by atoms with Crippen LogP contribution in [0.5, 0.6) is 0 Å². The van der Waals surface area contributed by atoms with Crippen LogP contribution in [0.15, 0.2) is 6.07 Å². The van der Waals surface area contributed by atoms with Crippen LogP contribution < -0.4 is 0 Å². The molecular formula is C11H15N3O3. The number of H-pyrrole nitrogens is 1. The second-order valence-electron chi connectivity index (χ2n) is 4.57. The summed E-state index contributed by atoms with van der Waals surface area (Å²) in [5, 5.41) is 15.6. The minimum absolute atomic E-state index is 0.0171. The molecule has 1 fully saturated rings. The summed E-state index contributed by atoms with van der Waals surface area (Å²) >= 11 is 0. The van der Waals surface area contributed by atoms with E-state index in [1.165, 1.54) is 0 Å². The first-order chi connectivity index (χ1) is 7.99. The molecule has 0 aromatic carbocycles. The molecule has 1 amide bonds. The molecule has 1 saturated heterocycles. The SMILES string of the molecule is Cc1cc(C(=O)N2C[C@@H](C)[C@H](C(=O)O)C2)n[nH]1. The van der Waals surface area contributed by atoms with Crippen LogP contribution in [0.3, 0.4) is 0 Å². The monoisotopic (exact) mass is 237 g/mol. The zero-order valence-electron chi connectivity index (χ0n) is 9.80. The third-order valence-corrected chi connectivity index (χ3v) is 3.14. The van der Waals surface area contributed by atoms with Crippen LogP contribution in [0.2, 0.25) is 0 Å². The number of carboxylic acids is 1. The van der Waals surface area contributed by atoms with E-state index in [0.717, 1.165) is 5.69 Å². The molecule has 2 atom stereocenters. The number of hydrogen-bond donors (Lipinski definition) is 2. The number of carbonyl (C=O) groups excluding carboxylic acids is 1. The van der Waals surface area contributed by atoms with E-state index in [2.05, 4.69) is 10.2 Å². The molecule has 2 heterocycles. The zero-order valence-corrected chi connectivity index (χ0v) is 9.80. The van der Waals surface area contributed by atoms with Crippen molar-refractivity contribution in [2.75, 3.05) is 13.1 Å². The van der Waals surface area contributed by atoms with Crippen molar-refractivity contribution in [3.63, 3.8) is 0 Å². The molecule has 0 saturated carbocycles. The van der Waals surface area contributed by atoms with Crippen molar-refractivity contribution in [2.45, 2.75) is 13.8 Å². The molecule has 1 aromatic heterocycles. The van der Waals surface area contributed by atoms with Crippen LogP contribution in [-0.2, 0) is 4.79 Å². The van der Waals surface area contributed by atoms with Gasteiger partial charge in [0.05, 0.1) is 5.92 Å². The quantitative estimate of drug-likeness (QED) is 0.784. The van der Waals surface area contributed by atoms with E-state index in [1.54, 1.807) is 11.0 Å². The maximum absolute atomic E-state index is 12.0. The first-order valence-corrected chi connectivity index (χ1v) is 5.53. The maximum atomic E-state index is 12.0. The molecule has 0 unspecified atom stereocenters. The van der Waals surface area contributed by atoms with E-state index >= 15 is 0 Å². The molecule has 2 rings (SSSR count). The number of aliphatic carboxylic acids is 1. The van der Waals surface area contributed by atoms with Gasteiger partial charge in [0.25, 0.3) is 5.91 Å². The van der Waals surface area contributed by atoms with Crippen molar-refractivity contribution in [2.24, 2.45) is 11.8 Å². The van der Waals surface area contributed by atoms with Gasteiger partial charge in [0.15, 0.2) is 0 Å². The van der Waals surface area contributed by atoms with Crippen LogP contribution in [0, 0.1) is 18.8 Å². The van der Waals surface area contributed by atoms with Gasteiger partial charge >= 0.3 is 5.97 Å². The predicted molar refractivity (Wildman–Crippen MR) is 59.5 cm³/mol. The van der Waals surface area contributed by atoms with E-state index in [9.17, 15) is 9.59 Å². The highest BCUT2D eigenvalue weighted by atomic mass is 16.4. The molecule has 1 aliphatic rings. The molecule has 92 valence electrons. The maximum Gasteiger partial charge on any atom is 0.308 e. The molecule has 6 heteroatoms. The number of amides is 1. The summed E-state index contributed by atoms with van der Waals surface area (Å²) in [6.07, 6.45) is 0. The molecule has 0 aliphatic carbocycles. The molecule has 0 radical (unpaired) electrons. The van der Waals surface area contributed by atoms with Gasteiger partial charge in [-0.3, -0.25) is 14.7 Å². The Morgan fingerprint density at radius 3 is 2.71 bits per heavy atom. The van der Waals surface area contributed by atoms with Gasteiger partial charge < -0.3 is 10.0 Å². The van der Waals surface area contributed by atoms with Crippen molar-refractivity contribution in [1.82, 2.24) is 15.1 Å². The minimum atomic E-state index is -0.842. The summed E-state index contributed by atoms with van der Waals surface area (Å²) < 4.78 is 0. The van der Waals surface area contributed by atoms with Gasteiger partial charge in [-0.25, -0.2) is 0 Å². The van der Waals surface area contributed by atoms with Gasteiger partial charge in [-0.05, 0) is 18.9 Å². The summed E-state index contributed by atoms with van der Waals surface area (Å²) in [4.78, 5) is 24.5. The lowest BCUT2D eigenvalue weighted by Gasteiger charge is -2.13. The van der Waals surface area contributed by atoms with Gasteiger partial charge in [0.2, 0.25) is 0 Å². The molecule has 0 bridgehead atoms. The Balaban J connectivity index is 2.10. The molecule has 1 aliphatic heterocycles. The highest BCUT2D eigenvalue weighted by Gasteiger charge is 2.37. The molecule has 17 heavy (non-hydrogen) atoms. The first-order valence-electron chi connectivity index (χ1n) is 5.53. The first kappa shape index (κ1) is 11.6. The Labute approximate surface area is 98.6 Å². The Bertz CT molecular complexity index is 455. The highest BCUT2D eigenvalue weighted by Crippen LogP contribution is 2.24. The number of rotatable bonds is 2. The Hall–Kier alpha value is -1.85. The number of aromatic nitrogens is 2. The fraction of sp³-hybridized carbons (Fsp3) is 0.545. The number of aromatic amines is 1. The van der Waals surface area contributed by atoms with E-state index in [4.69, 9.17) is 5.11 Å². The number of aryl methyl sites for hydroxylation is 1. The van der Waals surface area contributed by atoms with Gasteiger partial charge in [0.1, 0.15) is 5.69 Å². The molecular weight excluding hydrogens is 222 g/mol. The van der Waals surface area contributed by atoms with Gasteiger partial charge in [-0.2, -0.15) is 5.10 Å². The van der Waals surface area contributed by atoms with Crippen molar-refractivity contribution in [3.05, 3.63) is 17.5 Å². The van der Waals surface area contributed by atoms with Gasteiger partial charge in [-0.15, -0.1) is 0 Å². The average molecular weight is 237 g/mol. The highest BCUT2D eigenvalue weighted by molar-refractivity contribution is 5.93. The molecule has 0 spiro atoms. The van der Waals surface area contributed by atoms with E-state index in [0.29, 0.717) is 12.2 Å². The summed E-state index contributed by atoms with van der Waals surface area (Å²) in [6, 6.07) is 1.67. The van der Waals surface area contributed by atoms with E-state index in [-0.39, 0.29) is 18.4 Å². The summed E-state index contributed by atoms with van der Waals surface area (Å²) in [6.45, 7) is 4.40. The smallest absolute Gasteiger partial charge is 0.308 e. The lowest BCUT2D eigenvalue weighted by Crippen LogP contribution is -2.30. The van der Waals surface area contributed by atoms with Crippen molar-refractivity contribution >= 4 is 11.9 Å². The Kier molecular flexibility index (Phi) is 2.87. The predicted octanol–water partition coefficient (Wildman–Crippen LogP) is 0.511. The standard InChI is InChI=1S/C11H15N3O3/c1-6-4-14(5-8(6)11(16)17)10(15)9-3-7(2)12-13-9/h3,6,8H,4-5H2,1-2H3,(H,12,13)(H,16,17)/t6-,8-/m1/s1. The van der Waals surface area contributed by atoms with Crippen LogP contribution in [0.1, 0.15) is 23.1 Å². The molecule has 2 N–H and O–H groups in total. The normalized spacial score (nSPS) is 24.0. The van der Waals surface area contributed by atoms with E-state index in [1.807, 2.05) is 13.8 Å². The Morgan fingerprint density at radius 2 is 2.24 bits per heavy atom. The average Bonchev–Trinajstić information content (AvgIpc) is 2.83. The topological polar surface area (TPSA) is 86.3 Å². The fourth-order valence-corrected chi connectivity index (χ4v) is 2.14. The number of likely N-dealkylation sites (tertiary alicyclic amines) is 1. The van der Waals surface area contributed by atoms with Crippen molar-refractivity contribution < 1.29 is 14.7 Å². The van der Waals surface area contributed by atoms with Gasteiger partial charge in [0, 0.05) is 18.8 Å². The second-order valence-corrected chi connectivity index (χ2v) is 4.57. The minimum Gasteiger partial charge on any atom is -0.481 e. The van der Waals surface area contributed by atoms with Crippen molar-refractivity contribution in [3.8, 4) is 0 Å². The number of hydrogen-bond acceptors (Lipinski definition) is 3. The fourth-order valence-electron chi connectivity index (χ4n) is 2.14. The Morgan fingerprint density at radius 1 is 1.53 bits per heavy atom. The van der Waals surface area contributed by atoms with Crippen LogP contribution in [0.25, 0.3) is 0 Å². The van der Waals surface area contributed by atoms with Crippen LogP contribution in [0.4, 0.5) is 0 Å². The van der Waals surface area contributed by atoms with Crippen LogP contribution >= 0.6 is 0 Å². The second kappa shape index (κ2) is 4.20. The third-order valence-electron chi connectivity index (χ3n) is 3.14. The lowest BCUT2D eigenvalue weighted by molar-refractivity contribution is -0.142. The molecule has 6 nitrogen and oxygen atoms in total. The number of carbonyl (C=O) groups is 2. The molecule has 1 aromatic rings. The van der Waals surface area contributed by atoms with Crippen molar-refractivity contribution in [1.29, 1.82) is 0 Å². The van der Waals surface area contributed by atoms with Gasteiger partial charge in [-0.1, -0.05) is 6.92 Å². The van der Waals surface area contributed by atoms with Crippen LogP contribution in [-0.4, -0.2) is 45.2 Å². The van der Waals surface area contributed by atoms with E-state index < -0.39 is 11.9 Å². The lowest BCUT2D eigenvalue weighted by atomic mass is 9.99. The summed E-state index contributed by atoms with van der Waals surface area (Å²) in [5.74, 6) is -1.54. The largest absolute Gasteiger partial charge is 0.481 e. The number of carboxylic acid groups (broad SMARTS) is 1. The summed E-state index contributed by atoms with van der Waals surface area (Å²) in [7, 11) is 0.